The summed E-state index contributed by atoms with van der Waals surface area (Å²) < 4.78 is 0. The van der Waals surface area contributed by atoms with Gasteiger partial charge in [0.15, 0.2) is 0 Å². The number of hydrogen-bond acceptors (Lipinski definition) is 0. The van der Waals surface area contributed by atoms with Crippen LogP contribution in [0, 0.1) is 6.20 Å². The van der Waals surface area contributed by atoms with E-state index in [0.29, 0.717) is 0 Å². The molecule has 0 unspecified atom stereocenters. The van der Waals surface area contributed by atoms with E-state index >= 15 is 0 Å². The summed E-state index contributed by atoms with van der Waals surface area (Å²) >= 11 is 0. The van der Waals surface area contributed by atoms with Crippen molar-refractivity contribution in [2.24, 2.45) is 0 Å². The van der Waals surface area contributed by atoms with Crippen molar-refractivity contribution in [1.29, 1.82) is 0 Å². The van der Waals surface area contributed by atoms with Crippen molar-refractivity contribution < 1.29 is 51.0 Å². The zero-order chi connectivity index (χ0) is 14.2. The SMILES string of the molecule is CC(C)(C)c1[c-][nH]c2ccccc12.[Cl-].[Cl-].[Zr+4].c1cc2[c-](c1)CC2. The van der Waals surface area contributed by atoms with Crippen LogP contribution in [0.25, 0.3) is 10.9 Å². The van der Waals surface area contributed by atoms with E-state index in [0.717, 1.165) is 0 Å². The average molecular weight is 426 g/mol. The van der Waals surface area contributed by atoms with Crippen molar-refractivity contribution in [2.75, 3.05) is 0 Å². The maximum atomic E-state index is 3.23. The molecule has 0 amide bonds. The van der Waals surface area contributed by atoms with Gasteiger partial charge in [0.1, 0.15) is 0 Å². The summed E-state index contributed by atoms with van der Waals surface area (Å²) in [7, 11) is 0. The van der Waals surface area contributed by atoms with Crippen molar-refractivity contribution in [1.82, 2.24) is 4.98 Å². The number of fused-ring (bicyclic) bond motifs is 2. The van der Waals surface area contributed by atoms with E-state index < -0.39 is 0 Å². The van der Waals surface area contributed by atoms with Gasteiger partial charge in [-0.3, -0.25) is 0 Å². The minimum absolute atomic E-state index is 0. The van der Waals surface area contributed by atoms with E-state index in [1.807, 2.05) is 6.07 Å². The maximum absolute atomic E-state index is 3.23. The van der Waals surface area contributed by atoms with Gasteiger partial charge < -0.3 is 29.8 Å². The summed E-state index contributed by atoms with van der Waals surface area (Å²) in [6.07, 6.45) is 5.87. The molecule has 0 saturated carbocycles. The first-order valence-corrected chi connectivity index (χ1v) is 7.28. The van der Waals surface area contributed by atoms with Crippen LogP contribution >= 0.6 is 0 Å². The maximum Gasteiger partial charge on any atom is 4.00 e. The molecule has 1 aromatic heterocycles. The number of aromatic amines is 1. The van der Waals surface area contributed by atoms with Crippen LogP contribution in [-0.4, -0.2) is 4.98 Å². The third-order valence-corrected chi connectivity index (χ3v) is 3.94. The Morgan fingerprint density at radius 2 is 1.74 bits per heavy atom. The van der Waals surface area contributed by atoms with Gasteiger partial charge in [-0.1, -0.05) is 45.7 Å². The summed E-state index contributed by atoms with van der Waals surface area (Å²) in [5.74, 6) is 0. The normalized spacial score (nSPS) is 11.6. The fourth-order valence-corrected chi connectivity index (χ4v) is 2.67. The van der Waals surface area contributed by atoms with Gasteiger partial charge >= 0.3 is 26.2 Å². The van der Waals surface area contributed by atoms with Crippen molar-refractivity contribution in [3.63, 3.8) is 0 Å². The summed E-state index contributed by atoms with van der Waals surface area (Å²) in [4.78, 5) is 3.17. The molecule has 4 heteroatoms. The number of aryl methyl sites for hydroxylation is 2. The van der Waals surface area contributed by atoms with Crippen molar-refractivity contribution in [3.05, 3.63) is 65.4 Å². The Bertz CT molecular complexity index is 704. The van der Waals surface area contributed by atoms with Crippen LogP contribution in [0.2, 0.25) is 0 Å². The van der Waals surface area contributed by atoms with Crippen LogP contribution < -0.4 is 24.8 Å². The predicted octanol–water partition coefficient (Wildman–Crippen LogP) is -1.22. The number of H-pyrrole nitrogens is 1. The third-order valence-electron chi connectivity index (χ3n) is 3.94. The molecule has 3 aromatic rings. The number of nitrogens with one attached hydrogen (secondary N) is 1. The van der Waals surface area contributed by atoms with Crippen molar-refractivity contribution >= 4 is 10.9 Å². The van der Waals surface area contributed by atoms with Crippen LogP contribution in [0.15, 0.2) is 42.5 Å². The van der Waals surface area contributed by atoms with Gasteiger partial charge in [0.2, 0.25) is 0 Å². The van der Waals surface area contributed by atoms with Gasteiger partial charge in [0.05, 0.1) is 0 Å². The van der Waals surface area contributed by atoms with Gasteiger partial charge in [-0.05, 0) is 5.41 Å². The third kappa shape index (κ3) is 5.02. The predicted molar refractivity (Wildman–Crippen MR) is 85.3 cm³/mol. The van der Waals surface area contributed by atoms with Crippen LogP contribution in [0.3, 0.4) is 0 Å². The summed E-state index contributed by atoms with van der Waals surface area (Å²) in [5, 5.41) is 1.29. The zero-order valence-electron chi connectivity index (χ0n) is 13.7. The molecule has 0 spiro atoms. The Labute approximate surface area is 170 Å². The molecule has 0 bridgehead atoms. The van der Waals surface area contributed by atoms with Gasteiger partial charge in [-0.2, -0.15) is 22.6 Å². The minimum Gasteiger partial charge on any atom is -1.00 e. The van der Waals surface area contributed by atoms with Crippen LogP contribution in [0.1, 0.15) is 37.5 Å². The molecule has 23 heavy (non-hydrogen) atoms. The van der Waals surface area contributed by atoms with Gasteiger partial charge in [0, 0.05) is 0 Å². The largest absolute Gasteiger partial charge is 4.00 e. The smallest absolute Gasteiger partial charge is 1.00 e. The molecule has 1 aliphatic rings. The van der Waals surface area contributed by atoms with Crippen LogP contribution in [0.5, 0.6) is 0 Å². The standard InChI is InChI=1S/C12H14N.C7H7.2ClH.Zr/c1-12(2,3)10-8-13-11-7-5-4-6-9(10)11;1-2-6-4-5-7(6)3-1;;;/h4-7,13H,1-3H3;1-3H,4-5H2;2*1H;/q2*-1;;;+4/p-2. The Morgan fingerprint density at radius 3 is 2.22 bits per heavy atom. The van der Waals surface area contributed by atoms with Crippen molar-refractivity contribution in [3.8, 4) is 0 Å². The molecule has 0 atom stereocenters. The average Bonchev–Trinajstić information content (AvgIpc) is 2.93. The second kappa shape index (κ2) is 9.16. The molecule has 1 heterocycles. The number of rotatable bonds is 0. The molecular formula is C19H21Cl2NZr. The fourth-order valence-electron chi connectivity index (χ4n) is 2.67. The Kier molecular flexibility index (Phi) is 8.99. The molecule has 1 aliphatic carbocycles. The van der Waals surface area contributed by atoms with E-state index in [-0.39, 0.29) is 56.4 Å². The van der Waals surface area contributed by atoms with Gasteiger partial charge in [-0.25, -0.2) is 12.1 Å². The van der Waals surface area contributed by atoms with Crippen molar-refractivity contribution in [2.45, 2.75) is 39.0 Å². The monoisotopic (exact) mass is 423 g/mol. The molecule has 4 rings (SSSR count). The quantitative estimate of drug-likeness (QED) is 0.435. The molecule has 0 fully saturated rings. The van der Waals surface area contributed by atoms with E-state index in [1.165, 1.54) is 29.3 Å². The fraction of sp³-hybridized carbons (Fsp3) is 0.316. The molecule has 2 aromatic carbocycles. The Morgan fingerprint density at radius 1 is 1.04 bits per heavy atom. The number of para-hydroxylation sites is 1. The van der Waals surface area contributed by atoms with E-state index in [2.05, 4.69) is 68.4 Å². The molecule has 120 valence electrons. The molecule has 1 N–H and O–H groups in total. The Balaban J connectivity index is 0.000000418. The Hall–Kier alpha value is -0.427. The van der Waals surface area contributed by atoms with Crippen LogP contribution in [-0.2, 0) is 44.5 Å². The topological polar surface area (TPSA) is 15.8 Å². The molecular weight excluding hydrogens is 404 g/mol. The summed E-state index contributed by atoms with van der Waals surface area (Å²) in [6.45, 7) is 6.62. The first kappa shape index (κ1) is 22.6. The second-order valence-electron chi connectivity index (χ2n) is 6.50. The van der Waals surface area contributed by atoms with E-state index in [4.69, 9.17) is 0 Å². The summed E-state index contributed by atoms with van der Waals surface area (Å²) in [5.41, 5.74) is 5.75. The molecule has 1 nitrogen and oxygen atoms in total. The van der Waals surface area contributed by atoms with E-state index in [1.54, 1.807) is 11.1 Å². The first-order chi connectivity index (χ1) is 9.55. The number of benzene rings is 1. The molecule has 0 radical (unpaired) electrons. The van der Waals surface area contributed by atoms with Gasteiger partial charge in [0.25, 0.3) is 0 Å². The number of aromatic nitrogens is 1. The minimum atomic E-state index is 0. The summed E-state index contributed by atoms with van der Waals surface area (Å²) in [6, 6.07) is 14.9. The molecule has 0 aliphatic heterocycles. The second-order valence-corrected chi connectivity index (χ2v) is 6.50. The zero-order valence-corrected chi connectivity index (χ0v) is 17.7. The molecule has 0 saturated heterocycles. The van der Waals surface area contributed by atoms with E-state index in [9.17, 15) is 0 Å². The van der Waals surface area contributed by atoms with Crippen LogP contribution in [0.4, 0.5) is 0 Å². The number of halogens is 2. The van der Waals surface area contributed by atoms with Gasteiger partial charge in [-0.15, -0.1) is 29.4 Å². The first-order valence-electron chi connectivity index (χ1n) is 7.28. The number of hydrogen-bond donors (Lipinski definition) is 1.